The van der Waals surface area contributed by atoms with E-state index in [0.29, 0.717) is 5.57 Å². The Bertz CT molecular complexity index is 765. The Kier molecular flexibility index (Phi) is 3.68. The van der Waals surface area contributed by atoms with E-state index < -0.39 is 0 Å². The molecule has 3 rings (SSSR count). The standard InChI is InChI=1S/C15H9N3S2/c16-8-13(7-11-3-6-19-9-11)15-18-14(10-20-15)12-1-4-17-5-2-12/h1-7,9-10H. The Hall–Kier alpha value is -2.29. The van der Waals surface area contributed by atoms with Gasteiger partial charge in [0.25, 0.3) is 0 Å². The van der Waals surface area contributed by atoms with Gasteiger partial charge in [0.2, 0.25) is 0 Å². The maximum Gasteiger partial charge on any atom is 0.134 e. The number of hydrogen-bond acceptors (Lipinski definition) is 5. The summed E-state index contributed by atoms with van der Waals surface area (Å²) < 4.78 is 0. The molecule has 0 aromatic carbocycles. The molecule has 3 aromatic heterocycles. The average molecular weight is 295 g/mol. The van der Waals surface area contributed by atoms with Crippen molar-refractivity contribution in [2.45, 2.75) is 0 Å². The number of thiophene rings is 1. The van der Waals surface area contributed by atoms with Crippen LogP contribution in [0.1, 0.15) is 10.6 Å². The molecule has 3 aromatic rings. The molecule has 0 atom stereocenters. The molecule has 0 saturated heterocycles. The van der Waals surface area contributed by atoms with Gasteiger partial charge in [0.1, 0.15) is 11.1 Å². The van der Waals surface area contributed by atoms with E-state index in [4.69, 9.17) is 0 Å². The predicted molar refractivity (Wildman–Crippen MR) is 83.1 cm³/mol. The van der Waals surface area contributed by atoms with Crippen LogP contribution < -0.4 is 0 Å². The van der Waals surface area contributed by atoms with Gasteiger partial charge >= 0.3 is 0 Å². The van der Waals surface area contributed by atoms with Crippen LogP contribution in [0.3, 0.4) is 0 Å². The molecule has 0 radical (unpaired) electrons. The van der Waals surface area contributed by atoms with Gasteiger partial charge in [-0.05, 0) is 40.6 Å². The average Bonchev–Trinajstić information content (AvgIpc) is 3.17. The second-order valence-electron chi connectivity index (χ2n) is 4.00. The highest BCUT2D eigenvalue weighted by atomic mass is 32.1. The lowest BCUT2D eigenvalue weighted by Crippen LogP contribution is -1.82. The van der Waals surface area contributed by atoms with Gasteiger partial charge in [-0.2, -0.15) is 16.6 Å². The first kappa shape index (κ1) is 12.7. The molecule has 0 amide bonds. The number of rotatable bonds is 3. The van der Waals surface area contributed by atoms with E-state index in [-0.39, 0.29) is 0 Å². The lowest BCUT2D eigenvalue weighted by molar-refractivity contribution is 1.31. The molecule has 0 bridgehead atoms. The van der Waals surface area contributed by atoms with Gasteiger partial charge in [0.15, 0.2) is 0 Å². The van der Waals surface area contributed by atoms with Gasteiger partial charge < -0.3 is 0 Å². The SMILES string of the molecule is N#CC(=Cc1ccsc1)c1nc(-c2ccncc2)cs1. The summed E-state index contributed by atoms with van der Waals surface area (Å²) in [7, 11) is 0. The molecule has 5 heteroatoms. The minimum absolute atomic E-state index is 0.591. The molecule has 0 aliphatic heterocycles. The molecule has 0 spiro atoms. The lowest BCUT2D eigenvalue weighted by Gasteiger charge is -1.94. The van der Waals surface area contributed by atoms with E-state index >= 15 is 0 Å². The zero-order valence-corrected chi connectivity index (χ0v) is 12.0. The normalized spacial score (nSPS) is 11.2. The Morgan fingerprint density at radius 1 is 1.20 bits per heavy atom. The molecule has 3 nitrogen and oxygen atoms in total. The minimum atomic E-state index is 0.591. The van der Waals surface area contributed by atoms with Gasteiger partial charge in [-0.3, -0.25) is 4.98 Å². The summed E-state index contributed by atoms with van der Waals surface area (Å²) in [6, 6.07) is 8.03. The Balaban J connectivity index is 1.95. The quantitative estimate of drug-likeness (QED) is 0.676. The highest BCUT2D eigenvalue weighted by Crippen LogP contribution is 2.27. The molecule has 0 saturated carbocycles. The van der Waals surface area contributed by atoms with Crippen molar-refractivity contribution in [1.29, 1.82) is 5.26 Å². The molecule has 3 heterocycles. The van der Waals surface area contributed by atoms with E-state index in [9.17, 15) is 5.26 Å². The molecule has 0 aliphatic rings. The predicted octanol–water partition coefficient (Wildman–Crippen LogP) is 4.33. The summed E-state index contributed by atoms with van der Waals surface area (Å²) >= 11 is 3.09. The Morgan fingerprint density at radius 2 is 2.05 bits per heavy atom. The number of nitrogens with zero attached hydrogens (tertiary/aromatic N) is 3. The molecule has 96 valence electrons. The van der Waals surface area contributed by atoms with Crippen molar-refractivity contribution >= 4 is 34.3 Å². The second kappa shape index (κ2) is 5.78. The summed E-state index contributed by atoms with van der Waals surface area (Å²) in [4.78, 5) is 8.53. The fourth-order valence-corrected chi connectivity index (χ4v) is 3.13. The van der Waals surface area contributed by atoms with Crippen molar-refractivity contribution in [1.82, 2.24) is 9.97 Å². The van der Waals surface area contributed by atoms with Crippen LogP contribution in [0.4, 0.5) is 0 Å². The minimum Gasteiger partial charge on any atom is -0.265 e. The van der Waals surface area contributed by atoms with Gasteiger partial charge in [-0.1, -0.05) is 0 Å². The summed E-state index contributed by atoms with van der Waals surface area (Å²) in [5.74, 6) is 0. The summed E-state index contributed by atoms with van der Waals surface area (Å²) in [5, 5.41) is 16.0. The van der Waals surface area contributed by atoms with Crippen LogP contribution in [-0.2, 0) is 0 Å². The van der Waals surface area contributed by atoms with Crippen molar-refractivity contribution < 1.29 is 0 Å². The number of thiazole rings is 1. The third-order valence-electron chi connectivity index (χ3n) is 2.69. The highest BCUT2D eigenvalue weighted by molar-refractivity contribution is 7.11. The van der Waals surface area contributed by atoms with Gasteiger partial charge in [-0.25, -0.2) is 4.98 Å². The third kappa shape index (κ3) is 2.67. The number of nitriles is 1. The number of pyridine rings is 1. The molecule has 20 heavy (non-hydrogen) atoms. The molecule has 0 N–H and O–H groups in total. The third-order valence-corrected chi connectivity index (χ3v) is 4.26. The highest BCUT2D eigenvalue weighted by Gasteiger charge is 2.09. The molecule has 0 aliphatic carbocycles. The van der Waals surface area contributed by atoms with Crippen molar-refractivity contribution in [2.75, 3.05) is 0 Å². The number of hydrogen-bond donors (Lipinski definition) is 0. The topological polar surface area (TPSA) is 49.6 Å². The van der Waals surface area contributed by atoms with Gasteiger partial charge in [0, 0.05) is 23.3 Å². The zero-order chi connectivity index (χ0) is 13.8. The van der Waals surface area contributed by atoms with Crippen LogP contribution in [-0.4, -0.2) is 9.97 Å². The molecule has 0 unspecified atom stereocenters. The first-order chi connectivity index (χ1) is 9.86. The summed E-state index contributed by atoms with van der Waals surface area (Å²) in [6.07, 6.45) is 5.34. The molecular weight excluding hydrogens is 286 g/mol. The Labute approximate surface area is 124 Å². The fourth-order valence-electron chi connectivity index (χ4n) is 1.72. The van der Waals surface area contributed by atoms with Crippen molar-refractivity contribution in [3.05, 3.63) is 57.3 Å². The molecule has 0 fully saturated rings. The van der Waals surface area contributed by atoms with Crippen molar-refractivity contribution in [3.63, 3.8) is 0 Å². The van der Waals surface area contributed by atoms with E-state index in [1.54, 1.807) is 23.7 Å². The Morgan fingerprint density at radius 3 is 2.75 bits per heavy atom. The smallest absolute Gasteiger partial charge is 0.134 e. The van der Waals surface area contributed by atoms with Crippen LogP contribution in [0.2, 0.25) is 0 Å². The largest absolute Gasteiger partial charge is 0.265 e. The van der Waals surface area contributed by atoms with E-state index in [2.05, 4.69) is 16.0 Å². The van der Waals surface area contributed by atoms with Gasteiger partial charge in [0.05, 0.1) is 11.3 Å². The summed E-state index contributed by atoms with van der Waals surface area (Å²) in [6.45, 7) is 0. The zero-order valence-electron chi connectivity index (χ0n) is 10.4. The van der Waals surface area contributed by atoms with E-state index in [1.165, 1.54) is 11.3 Å². The first-order valence-corrected chi connectivity index (χ1v) is 7.69. The van der Waals surface area contributed by atoms with Gasteiger partial charge in [-0.15, -0.1) is 11.3 Å². The monoisotopic (exact) mass is 295 g/mol. The second-order valence-corrected chi connectivity index (χ2v) is 5.64. The first-order valence-electron chi connectivity index (χ1n) is 5.87. The van der Waals surface area contributed by atoms with Crippen LogP contribution in [0.15, 0.2) is 46.7 Å². The van der Waals surface area contributed by atoms with Crippen LogP contribution in [0, 0.1) is 11.3 Å². The lowest BCUT2D eigenvalue weighted by atomic mass is 10.2. The fraction of sp³-hybridized carbons (Fsp3) is 0. The van der Waals surface area contributed by atoms with Crippen molar-refractivity contribution in [3.8, 4) is 17.3 Å². The van der Waals surface area contributed by atoms with E-state index in [1.807, 2.05) is 40.4 Å². The van der Waals surface area contributed by atoms with Crippen molar-refractivity contribution in [2.24, 2.45) is 0 Å². The van der Waals surface area contributed by atoms with Crippen LogP contribution in [0.5, 0.6) is 0 Å². The van der Waals surface area contributed by atoms with Crippen LogP contribution in [0.25, 0.3) is 22.9 Å². The van der Waals surface area contributed by atoms with E-state index in [0.717, 1.165) is 21.8 Å². The number of allylic oxidation sites excluding steroid dienone is 1. The maximum atomic E-state index is 9.30. The molecular formula is C15H9N3S2. The van der Waals surface area contributed by atoms with Crippen LogP contribution >= 0.6 is 22.7 Å². The summed E-state index contributed by atoms with van der Waals surface area (Å²) in [5.41, 5.74) is 3.51. The number of aromatic nitrogens is 2. The maximum absolute atomic E-state index is 9.30.